The summed E-state index contributed by atoms with van der Waals surface area (Å²) in [5.74, 6) is -1.18. The number of hydrogen-bond donors (Lipinski definition) is 1. The zero-order valence-electron chi connectivity index (χ0n) is 18.5. The van der Waals surface area contributed by atoms with Crippen molar-refractivity contribution in [2.75, 3.05) is 14.2 Å². The summed E-state index contributed by atoms with van der Waals surface area (Å²) in [5.41, 5.74) is -0.361. The molecule has 0 aliphatic heterocycles. The van der Waals surface area contributed by atoms with Gasteiger partial charge in [-0.1, -0.05) is 0 Å². The molecule has 1 atom stereocenters. The van der Waals surface area contributed by atoms with E-state index in [0.717, 1.165) is 0 Å². The average Bonchev–Trinajstić information content (AvgIpc) is 3.17. The SMILES string of the molecule is [2H]c1nc(C[S+]([O-])c2nc3c([2H])c([2H])c(OC(F)F)c([2H])c3[nH]2)c(OC)c(OC)c1[2H]. The average molecular weight is 388 g/mol. The van der Waals surface area contributed by atoms with E-state index < -0.39 is 47.8 Å². The molecule has 26 heavy (non-hydrogen) atoms. The van der Waals surface area contributed by atoms with Gasteiger partial charge in [0, 0.05) is 29.4 Å². The Kier molecular flexibility index (Phi) is 3.79. The third-order valence-electron chi connectivity index (χ3n) is 3.14. The van der Waals surface area contributed by atoms with E-state index in [2.05, 4.69) is 19.7 Å². The first kappa shape index (κ1) is 12.7. The molecule has 0 fully saturated rings. The van der Waals surface area contributed by atoms with E-state index in [-0.39, 0.29) is 45.2 Å². The Hall–Kier alpha value is -2.59. The lowest BCUT2D eigenvalue weighted by Crippen LogP contribution is -2.10. The number of rotatable bonds is 7. The van der Waals surface area contributed by atoms with Crippen LogP contribution in [0.5, 0.6) is 17.2 Å². The van der Waals surface area contributed by atoms with Gasteiger partial charge in [-0.25, -0.2) is 0 Å². The summed E-state index contributed by atoms with van der Waals surface area (Å²) < 4.78 is 91.8. The van der Waals surface area contributed by atoms with Crippen LogP contribution < -0.4 is 14.2 Å². The molecule has 3 aromatic rings. The van der Waals surface area contributed by atoms with Gasteiger partial charge in [-0.15, -0.1) is 0 Å². The van der Waals surface area contributed by atoms with E-state index in [1.807, 2.05) is 0 Å². The molecule has 0 saturated carbocycles. The minimum absolute atomic E-state index is 0.0105. The van der Waals surface area contributed by atoms with Crippen LogP contribution in [0.2, 0.25) is 0 Å². The maximum absolute atomic E-state index is 12.9. The molecule has 2 heterocycles. The van der Waals surface area contributed by atoms with Gasteiger partial charge in [-0.05, 0) is 12.1 Å². The van der Waals surface area contributed by atoms with Crippen molar-refractivity contribution in [3.63, 3.8) is 0 Å². The molecule has 0 aliphatic carbocycles. The number of aromatic amines is 1. The Labute approximate surface area is 157 Å². The minimum Gasteiger partial charge on any atom is -0.609 e. The Balaban J connectivity index is 2.05. The van der Waals surface area contributed by atoms with Crippen molar-refractivity contribution in [2.24, 2.45) is 0 Å². The minimum atomic E-state index is -3.30. The van der Waals surface area contributed by atoms with Crippen molar-refractivity contribution < 1.29 is 34.4 Å². The number of ether oxygens (including phenoxy) is 3. The van der Waals surface area contributed by atoms with Crippen molar-refractivity contribution in [3.8, 4) is 17.2 Å². The highest BCUT2D eigenvalue weighted by Gasteiger charge is 2.22. The van der Waals surface area contributed by atoms with Crippen molar-refractivity contribution in [1.82, 2.24) is 15.0 Å². The van der Waals surface area contributed by atoms with Gasteiger partial charge in [-0.2, -0.15) is 13.8 Å². The van der Waals surface area contributed by atoms with Crippen LogP contribution in [-0.2, 0) is 16.9 Å². The molecule has 2 aromatic heterocycles. The number of nitrogens with one attached hydrogen (secondary N) is 1. The second-order valence-electron chi connectivity index (χ2n) is 4.70. The number of methoxy groups -OCH3 is 2. The fraction of sp³-hybridized carbons (Fsp3) is 0.250. The number of hydrogen-bond acceptors (Lipinski definition) is 6. The molecule has 0 bridgehead atoms. The number of H-pyrrole nitrogens is 1. The molecule has 1 N–H and O–H groups in total. The molecular weight excluding hydrogens is 368 g/mol. The monoisotopic (exact) mass is 388 g/mol. The van der Waals surface area contributed by atoms with E-state index in [1.54, 1.807) is 0 Å². The number of nitrogens with zero attached hydrogens (tertiary/aromatic N) is 2. The Bertz CT molecular complexity index is 1150. The van der Waals surface area contributed by atoms with Crippen LogP contribution in [0.4, 0.5) is 8.78 Å². The van der Waals surface area contributed by atoms with Gasteiger partial charge < -0.3 is 18.8 Å². The summed E-state index contributed by atoms with van der Waals surface area (Å²) >= 11 is -1.97. The maximum Gasteiger partial charge on any atom is 0.387 e. The molecule has 7 nitrogen and oxygen atoms in total. The van der Waals surface area contributed by atoms with E-state index in [9.17, 15) is 13.3 Å². The van der Waals surface area contributed by atoms with E-state index in [4.69, 9.17) is 16.3 Å². The van der Waals surface area contributed by atoms with Crippen LogP contribution in [0, 0.1) is 0 Å². The van der Waals surface area contributed by atoms with Gasteiger partial charge in [0.15, 0.2) is 17.3 Å². The summed E-state index contributed by atoms with van der Waals surface area (Å²) in [4.78, 5) is 10.4. The topological polar surface area (TPSA) is 92.3 Å². The number of halogens is 2. The van der Waals surface area contributed by atoms with Crippen LogP contribution >= 0.6 is 0 Å². The van der Waals surface area contributed by atoms with Crippen LogP contribution in [0.1, 0.15) is 12.5 Å². The van der Waals surface area contributed by atoms with Crippen molar-refractivity contribution >= 4 is 22.2 Å². The van der Waals surface area contributed by atoms with Crippen molar-refractivity contribution in [1.29, 1.82) is 0 Å². The molecule has 0 amide bonds. The van der Waals surface area contributed by atoms with Crippen LogP contribution in [0.3, 0.4) is 0 Å². The lowest BCUT2D eigenvalue weighted by Gasteiger charge is -2.12. The van der Waals surface area contributed by atoms with Crippen LogP contribution in [0.15, 0.2) is 35.5 Å². The van der Waals surface area contributed by atoms with Crippen LogP contribution in [-0.4, -0.2) is 40.3 Å². The van der Waals surface area contributed by atoms with Gasteiger partial charge in [0.05, 0.1) is 32.1 Å². The second kappa shape index (κ2) is 7.75. The molecule has 1 aromatic carbocycles. The first-order chi connectivity index (χ1) is 14.6. The standard InChI is InChI=1S/C16H15F2N3O4S/c1-23-13-5-6-19-12(14(13)24-2)8-26(22)16-20-10-4-3-9(25-15(17)18)7-11(10)21-16/h3-7,15H,8H2,1-2H3,(H,20,21)/i3D,4D,5D,6D,7D. The fourth-order valence-corrected chi connectivity index (χ4v) is 3.07. The molecule has 3 rings (SSSR count). The largest absolute Gasteiger partial charge is 0.609 e. The molecule has 0 radical (unpaired) electrons. The highest BCUT2D eigenvalue weighted by atomic mass is 32.2. The lowest BCUT2D eigenvalue weighted by molar-refractivity contribution is -0.0497. The third kappa shape index (κ3) is 3.81. The fourth-order valence-electron chi connectivity index (χ4n) is 2.08. The van der Waals surface area contributed by atoms with Crippen LogP contribution in [0.25, 0.3) is 11.0 Å². The predicted molar refractivity (Wildman–Crippen MR) is 90.2 cm³/mol. The summed E-state index contributed by atoms with van der Waals surface area (Å²) in [5, 5.41) is -0.213. The van der Waals surface area contributed by atoms with Gasteiger partial charge in [-0.3, -0.25) is 9.97 Å². The summed E-state index contributed by atoms with van der Waals surface area (Å²) in [6.45, 7) is -3.30. The Morgan fingerprint density at radius 1 is 1.31 bits per heavy atom. The Morgan fingerprint density at radius 3 is 2.81 bits per heavy atom. The maximum atomic E-state index is 12.9. The molecular formula is C16H15F2N3O4S. The Morgan fingerprint density at radius 2 is 2.12 bits per heavy atom. The zero-order valence-corrected chi connectivity index (χ0v) is 14.3. The molecule has 0 spiro atoms. The molecule has 10 heteroatoms. The smallest absolute Gasteiger partial charge is 0.387 e. The third-order valence-corrected chi connectivity index (χ3v) is 4.30. The van der Waals surface area contributed by atoms with E-state index >= 15 is 0 Å². The van der Waals surface area contributed by atoms with Crippen molar-refractivity contribution in [2.45, 2.75) is 17.5 Å². The van der Waals surface area contributed by atoms with Crippen molar-refractivity contribution in [3.05, 3.63) is 36.0 Å². The van der Waals surface area contributed by atoms with Gasteiger partial charge >= 0.3 is 11.8 Å². The summed E-state index contributed by atoms with van der Waals surface area (Å²) in [6, 6.07) is -2.27. The van der Waals surface area contributed by atoms with Gasteiger partial charge in [0.2, 0.25) is 0 Å². The number of benzene rings is 1. The highest BCUT2D eigenvalue weighted by Crippen LogP contribution is 2.31. The summed E-state index contributed by atoms with van der Waals surface area (Å²) in [7, 11) is 2.56. The summed E-state index contributed by atoms with van der Waals surface area (Å²) in [6.07, 6.45) is -0.427. The zero-order chi connectivity index (χ0) is 23.0. The lowest BCUT2D eigenvalue weighted by atomic mass is 10.3. The number of fused-ring (bicyclic) bond motifs is 1. The predicted octanol–water partition coefficient (Wildman–Crippen LogP) is 2.88. The molecule has 0 aliphatic rings. The van der Waals surface area contributed by atoms with E-state index in [1.165, 1.54) is 14.2 Å². The number of aromatic nitrogens is 3. The van der Waals surface area contributed by atoms with E-state index in [0.29, 0.717) is 0 Å². The normalized spacial score (nSPS) is 15.1. The molecule has 0 saturated heterocycles. The quantitative estimate of drug-likeness (QED) is 0.626. The first-order valence-electron chi connectivity index (χ1n) is 9.51. The number of alkyl halides is 2. The highest BCUT2D eigenvalue weighted by molar-refractivity contribution is 7.90. The molecule has 138 valence electrons. The number of imidazole rings is 1. The van der Waals surface area contributed by atoms with Gasteiger partial charge in [0.1, 0.15) is 11.4 Å². The number of pyridine rings is 1. The second-order valence-corrected chi connectivity index (χ2v) is 6.07. The first-order valence-corrected chi connectivity index (χ1v) is 8.33. The molecule has 1 unspecified atom stereocenters. The van der Waals surface area contributed by atoms with Gasteiger partial charge in [0.25, 0.3) is 0 Å².